The molecule has 94 valence electrons. The van der Waals surface area contributed by atoms with Gasteiger partial charge in [-0.25, -0.2) is 4.98 Å². The summed E-state index contributed by atoms with van der Waals surface area (Å²) >= 11 is 0. The van der Waals surface area contributed by atoms with Crippen molar-refractivity contribution in [3.8, 4) is 5.75 Å². The minimum Gasteiger partial charge on any atom is -0.488 e. The molecule has 2 heterocycles. The van der Waals surface area contributed by atoms with E-state index in [2.05, 4.69) is 36.4 Å². The predicted octanol–water partition coefficient (Wildman–Crippen LogP) is 1.82. The van der Waals surface area contributed by atoms with Crippen molar-refractivity contribution in [2.24, 2.45) is 0 Å². The third-order valence-corrected chi connectivity index (χ3v) is 2.60. The first-order valence-corrected chi connectivity index (χ1v) is 6.16. The molecule has 1 aliphatic heterocycles. The second-order valence-electron chi connectivity index (χ2n) is 5.35. The van der Waals surface area contributed by atoms with Gasteiger partial charge in [0.25, 0.3) is 0 Å². The Kier molecular flexibility index (Phi) is 3.52. The average Bonchev–Trinajstić information content (AvgIpc) is 2.27. The van der Waals surface area contributed by atoms with Crippen LogP contribution < -0.4 is 15.4 Å². The number of aromatic nitrogens is 1. The molecule has 0 atom stereocenters. The Hall–Kier alpha value is -1.29. The fraction of sp³-hybridized carbons (Fsp3) is 0.615. The molecule has 0 aromatic carbocycles. The van der Waals surface area contributed by atoms with E-state index in [-0.39, 0.29) is 5.54 Å². The third kappa shape index (κ3) is 3.60. The first-order valence-electron chi connectivity index (χ1n) is 6.16. The first kappa shape index (κ1) is 12.2. The van der Waals surface area contributed by atoms with Crippen LogP contribution in [0.15, 0.2) is 12.1 Å². The maximum atomic E-state index is 5.50. The molecule has 0 amide bonds. The van der Waals surface area contributed by atoms with Crippen molar-refractivity contribution in [3.05, 3.63) is 17.8 Å². The molecule has 0 saturated heterocycles. The van der Waals surface area contributed by atoms with Crippen LogP contribution in [0.1, 0.15) is 26.5 Å². The van der Waals surface area contributed by atoms with Gasteiger partial charge in [-0.1, -0.05) is 0 Å². The second-order valence-corrected chi connectivity index (χ2v) is 5.35. The molecule has 0 saturated carbocycles. The number of fused-ring (bicyclic) bond motifs is 1. The van der Waals surface area contributed by atoms with Crippen LogP contribution in [0.2, 0.25) is 0 Å². The van der Waals surface area contributed by atoms with Gasteiger partial charge in [0.1, 0.15) is 6.61 Å². The van der Waals surface area contributed by atoms with Crippen LogP contribution in [0.5, 0.6) is 5.75 Å². The van der Waals surface area contributed by atoms with Crippen LogP contribution in [-0.4, -0.2) is 30.2 Å². The summed E-state index contributed by atoms with van der Waals surface area (Å²) in [6.45, 7) is 9.01. The van der Waals surface area contributed by atoms with Crippen LogP contribution in [-0.2, 0) is 6.42 Å². The van der Waals surface area contributed by atoms with Crippen LogP contribution in [0.3, 0.4) is 0 Å². The Morgan fingerprint density at radius 3 is 3.00 bits per heavy atom. The summed E-state index contributed by atoms with van der Waals surface area (Å²) < 4.78 is 5.50. The summed E-state index contributed by atoms with van der Waals surface area (Å²) in [5.74, 6) is 1.74. The quantitative estimate of drug-likeness (QED) is 0.839. The highest BCUT2D eigenvalue weighted by atomic mass is 16.5. The van der Waals surface area contributed by atoms with Crippen LogP contribution in [0, 0.1) is 0 Å². The van der Waals surface area contributed by atoms with Gasteiger partial charge in [0.15, 0.2) is 11.6 Å². The molecule has 1 aliphatic rings. The highest BCUT2D eigenvalue weighted by Gasteiger charge is 2.12. The summed E-state index contributed by atoms with van der Waals surface area (Å²) in [6, 6.07) is 4.04. The SMILES string of the molecule is CC(C)(C)NCCc1ccc2c(n1)NCCO2. The zero-order chi connectivity index (χ0) is 12.3. The van der Waals surface area contributed by atoms with E-state index in [1.54, 1.807) is 0 Å². The molecule has 4 nitrogen and oxygen atoms in total. The van der Waals surface area contributed by atoms with Gasteiger partial charge in [-0.05, 0) is 32.9 Å². The Balaban J connectivity index is 1.93. The molecule has 0 bridgehead atoms. The molecule has 2 rings (SSSR count). The number of nitrogens with zero attached hydrogens (tertiary/aromatic N) is 1. The van der Waals surface area contributed by atoms with E-state index >= 15 is 0 Å². The zero-order valence-electron chi connectivity index (χ0n) is 10.8. The maximum absolute atomic E-state index is 5.50. The van der Waals surface area contributed by atoms with E-state index in [1.807, 2.05) is 12.1 Å². The Morgan fingerprint density at radius 2 is 2.24 bits per heavy atom. The number of hydrogen-bond acceptors (Lipinski definition) is 4. The topological polar surface area (TPSA) is 46.2 Å². The molecule has 1 aromatic heterocycles. The minimum absolute atomic E-state index is 0.162. The van der Waals surface area contributed by atoms with Gasteiger partial charge < -0.3 is 15.4 Å². The summed E-state index contributed by atoms with van der Waals surface area (Å²) in [7, 11) is 0. The highest BCUT2D eigenvalue weighted by Crippen LogP contribution is 2.24. The predicted molar refractivity (Wildman–Crippen MR) is 69.7 cm³/mol. The third-order valence-electron chi connectivity index (χ3n) is 2.60. The fourth-order valence-electron chi connectivity index (χ4n) is 1.77. The Morgan fingerprint density at radius 1 is 1.41 bits per heavy atom. The van der Waals surface area contributed by atoms with Crippen molar-refractivity contribution in [3.63, 3.8) is 0 Å². The number of hydrogen-bond donors (Lipinski definition) is 2. The van der Waals surface area contributed by atoms with Gasteiger partial charge in [-0.2, -0.15) is 0 Å². The van der Waals surface area contributed by atoms with E-state index in [0.717, 1.165) is 43.4 Å². The normalized spacial score (nSPS) is 14.8. The van der Waals surface area contributed by atoms with Crippen molar-refractivity contribution in [2.45, 2.75) is 32.7 Å². The molecule has 1 aromatic rings. The second kappa shape index (κ2) is 4.92. The van der Waals surface area contributed by atoms with Crippen LogP contribution in [0.25, 0.3) is 0 Å². The lowest BCUT2D eigenvalue weighted by Crippen LogP contribution is -2.37. The van der Waals surface area contributed by atoms with Crippen molar-refractivity contribution in [1.82, 2.24) is 10.3 Å². The van der Waals surface area contributed by atoms with E-state index in [4.69, 9.17) is 4.74 Å². The van der Waals surface area contributed by atoms with Crippen molar-refractivity contribution in [1.29, 1.82) is 0 Å². The van der Waals surface area contributed by atoms with Crippen LogP contribution in [0.4, 0.5) is 5.82 Å². The van der Waals surface area contributed by atoms with Crippen molar-refractivity contribution >= 4 is 5.82 Å². The lowest BCUT2D eigenvalue weighted by atomic mass is 10.1. The number of anilines is 1. The number of rotatable bonds is 3. The molecule has 0 spiro atoms. The molecule has 0 unspecified atom stereocenters. The molecule has 17 heavy (non-hydrogen) atoms. The van der Waals surface area contributed by atoms with Gasteiger partial charge in [0, 0.05) is 24.2 Å². The van der Waals surface area contributed by atoms with Crippen LogP contribution >= 0.6 is 0 Å². The summed E-state index contributed by atoms with van der Waals surface area (Å²) in [6.07, 6.45) is 0.937. The average molecular weight is 235 g/mol. The number of pyridine rings is 1. The van der Waals surface area contributed by atoms with Gasteiger partial charge in [-0.15, -0.1) is 0 Å². The van der Waals surface area contributed by atoms with E-state index in [9.17, 15) is 0 Å². The Labute approximate surface area is 103 Å². The molecule has 0 fully saturated rings. The molecular weight excluding hydrogens is 214 g/mol. The fourth-order valence-corrected chi connectivity index (χ4v) is 1.77. The molecule has 2 N–H and O–H groups in total. The highest BCUT2D eigenvalue weighted by molar-refractivity contribution is 5.52. The van der Waals surface area contributed by atoms with E-state index in [0.29, 0.717) is 0 Å². The molecular formula is C13H21N3O. The lowest BCUT2D eigenvalue weighted by molar-refractivity contribution is 0.321. The molecule has 0 aliphatic carbocycles. The number of ether oxygens (including phenoxy) is 1. The van der Waals surface area contributed by atoms with E-state index < -0.39 is 0 Å². The van der Waals surface area contributed by atoms with Crippen molar-refractivity contribution in [2.75, 3.05) is 25.0 Å². The minimum atomic E-state index is 0.162. The van der Waals surface area contributed by atoms with Gasteiger partial charge in [0.2, 0.25) is 0 Å². The van der Waals surface area contributed by atoms with Gasteiger partial charge in [-0.3, -0.25) is 0 Å². The molecule has 4 heteroatoms. The smallest absolute Gasteiger partial charge is 0.169 e. The van der Waals surface area contributed by atoms with Gasteiger partial charge in [0.05, 0.1) is 6.54 Å². The first-order chi connectivity index (χ1) is 8.04. The largest absolute Gasteiger partial charge is 0.488 e. The summed E-state index contributed by atoms with van der Waals surface area (Å²) in [4.78, 5) is 4.56. The zero-order valence-corrected chi connectivity index (χ0v) is 10.8. The number of nitrogens with one attached hydrogen (secondary N) is 2. The maximum Gasteiger partial charge on any atom is 0.169 e. The van der Waals surface area contributed by atoms with Crippen molar-refractivity contribution < 1.29 is 4.74 Å². The monoisotopic (exact) mass is 235 g/mol. The Bertz CT molecular complexity index is 385. The summed E-state index contributed by atoms with van der Waals surface area (Å²) in [5.41, 5.74) is 1.26. The molecule has 0 radical (unpaired) electrons. The van der Waals surface area contributed by atoms with Gasteiger partial charge >= 0.3 is 0 Å². The lowest BCUT2D eigenvalue weighted by Gasteiger charge is -2.21. The van der Waals surface area contributed by atoms with E-state index in [1.165, 1.54) is 0 Å². The standard InChI is InChI=1S/C13H21N3O/c1-13(2,3)15-7-6-10-4-5-11-12(16-10)14-8-9-17-11/h4-5,15H,6-9H2,1-3H3,(H,14,16). The summed E-state index contributed by atoms with van der Waals surface area (Å²) in [5, 5.41) is 6.71.